The van der Waals surface area contributed by atoms with Crippen LogP contribution in [0.25, 0.3) is 11.4 Å². The highest BCUT2D eigenvalue weighted by atomic mass is 79.9. The maximum absolute atomic E-state index is 12.0. The lowest BCUT2D eigenvalue weighted by Gasteiger charge is -2.09. The third-order valence-corrected chi connectivity index (χ3v) is 4.65. The van der Waals surface area contributed by atoms with Gasteiger partial charge >= 0.3 is 0 Å². The van der Waals surface area contributed by atoms with Gasteiger partial charge in [-0.15, -0.1) is 10.2 Å². The molecule has 3 aromatic rings. The monoisotopic (exact) mass is 456 g/mol. The van der Waals surface area contributed by atoms with Gasteiger partial charge in [-0.1, -0.05) is 46.3 Å². The van der Waals surface area contributed by atoms with Crippen LogP contribution in [0.1, 0.15) is 18.4 Å². The minimum atomic E-state index is -0.269. The molecule has 0 saturated carbocycles. The zero-order valence-electron chi connectivity index (χ0n) is 15.9. The number of benzene rings is 2. The van der Waals surface area contributed by atoms with Crippen molar-refractivity contribution >= 4 is 33.4 Å². The predicted octanol–water partition coefficient (Wildman–Crippen LogP) is 2.95. The largest absolute Gasteiger partial charge is 0.347 e. The molecule has 0 unspecified atom stereocenters. The average Bonchev–Trinajstić information content (AvgIpc) is 3.18. The lowest BCUT2D eigenvalue weighted by molar-refractivity contribution is -0.124. The molecule has 0 aliphatic rings. The number of amides is 2. The molecule has 0 radical (unpaired) electrons. The van der Waals surface area contributed by atoms with E-state index >= 15 is 0 Å². The van der Waals surface area contributed by atoms with E-state index < -0.39 is 0 Å². The zero-order valence-corrected chi connectivity index (χ0v) is 17.5. The van der Waals surface area contributed by atoms with E-state index in [1.54, 1.807) is 0 Å². The van der Waals surface area contributed by atoms with Gasteiger partial charge in [0.1, 0.15) is 0 Å². The summed E-state index contributed by atoms with van der Waals surface area (Å²) in [6.45, 7) is 2.30. The van der Waals surface area contributed by atoms with Gasteiger partial charge in [-0.2, -0.15) is 4.80 Å². The van der Waals surface area contributed by atoms with Gasteiger partial charge in [0, 0.05) is 22.1 Å². The molecule has 29 heavy (non-hydrogen) atoms. The van der Waals surface area contributed by atoms with Crippen LogP contribution in [0.5, 0.6) is 0 Å². The number of anilines is 1. The van der Waals surface area contributed by atoms with Crippen LogP contribution < -0.4 is 10.6 Å². The third-order valence-electron chi connectivity index (χ3n) is 4.16. The summed E-state index contributed by atoms with van der Waals surface area (Å²) in [7, 11) is 0. The summed E-state index contributed by atoms with van der Waals surface area (Å²) in [4.78, 5) is 25.5. The fraction of sp³-hybridized carbons (Fsp3) is 0.250. The van der Waals surface area contributed by atoms with Crippen molar-refractivity contribution in [2.24, 2.45) is 0 Å². The molecule has 0 saturated heterocycles. The highest BCUT2D eigenvalue weighted by Gasteiger charge is 2.09. The summed E-state index contributed by atoms with van der Waals surface area (Å²) in [6.07, 6.45) is 0.816. The lowest BCUT2D eigenvalue weighted by atomic mass is 10.2. The molecule has 2 aromatic carbocycles. The Morgan fingerprint density at radius 3 is 2.66 bits per heavy atom. The molecule has 0 aliphatic heterocycles. The summed E-state index contributed by atoms with van der Waals surface area (Å²) in [5.74, 6) is 0.0836. The van der Waals surface area contributed by atoms with Gasteiger partial charge in [-0.05, 0) is 42.3 Å². The number of hydrogen-bond donors (Lipinski definition) is 2. The van der Waals surface area contributed by atoms with Crippen molar-refractivity contribution in [1.82, 2.24) is 25.5 Å². The molecular formula is C20H21BrN6O2. The van der Waals surface area contributed by atoms with E-state index in [0.29, 0.717) is 18.8 Å². The number of carbonyl (C=O) groups is 2. The first kappa shape index (κ1) is 20.7. The van der Waals surface area contributed by atoms with Crippen molar-refractivity contribution in [1.29, 1.82) is 0 Å². The third kappa shape index (κ3) is 6.21. The number of tetrazole rings is 1. The Hall–Kier alpha value is -3.07. The van der Waals surface area contributed by atoms with Gasteiger partial charge in [0.25, 0.3) is 0 Å². The summed E-state index contributed by atoms with van der Waals surface area (Å²) < 4.78 is 0.944. The number of halogens is 1. The molecule has 1 heterocycles. The van der Waals surface area contributed by atoms with Crippen molar-refractivity contribution in [2.75, 3.05) is 11.9 Å². The molecule has 1 aromatic heterocycles. The minimum Gasteiger partial charge on any atom is -0.347 e. The molecule has 0 fully saturated rings. The van der Waals surface area contributed by atoms with E-state index in [2.05, 4.69) is 42.0 Å². The highest BCUT2D eigenvalue weighted by molar-refractivity contribution is 9.10. The predicted molar refractivity (Wildman–Crippen MR) is 113 cm³/mol. The van der Waals surface area contributed by atoms with E-state index in [1.165, 1.54) is 4.80 Å². The number of carbonyl (C=O) groups excluding carboxylic acids is 2. The van der Waals surface area contributed by atoms with E-state index in [0.717, 1.165) is 21.3 Å². The van der Waals surface area contributed by atoms with Crippen LogP contribution in [0.4, 0.5) is 5.69 Å². The topological polar surface area (TPSA) is 102 Å². The quantitative estimate of drug-likeness (QED) is 0.542. The normalized spacial score (nSPS) is 10.6. The molecule has 3 rings (SSSR count). The molecule has 9 heteroatoms. The van der Waals surface area contributed by atoms with Gasteiger partial charge in [0.05, 0.1) is 13.1 Å². The van der Waals surface area contributed by atoms with Crippen LogP contribution in [-0.4, -0.2) is 38.6 Å². The molecule has 2 N–H and O–H groups in total. The van der Waals surface area contributed by atoms with Gasteiger partial charge in [0.2, 0.25) is 17.6 Å². The van der Waals surface area contributed by atoms with Gasteiger partial charge in [0.15, 0.2) is 0 Å². The minimum absolute atomic E-state index is 0.0753. The standard InChI is InChI=1S/C20H21BrN6O2/c1-14-12-16(21)9-10-17(14)23-19(29)13-22-18(28)8-5-11-27-25-20(24-26-27)15-6-3-2-4-7-15/h2-4,6-7,9-10,12H,5,8,11,13H2,1H3,(H,22,28)(H,23,29). The number of nitrogens with one attached hydrogen (secondary N) is 2. The first-order valence-corrected chi connectivity index (χ1v) is 9.96. The summed E-state index contributed by atoms with van der Waals surface area (Å²) in [5, 5.41) is 17.7. The van der Waals surface area contributed by atoms with E-state index in [-0.39, 0.29) is 24.8 Å². The first-order valence-electron chi connectivity index (χ1n) is 9.17. The molecule has 0 atom stereocenters. The van der Waals surface area contributed by atoms with Crippen LogP contribution in [0, 0.1) is 6.92 Å². The Kier molecular flexibility index (Phi) is 7.07. The fourth-order valence-corrected chi connectivity index (χ4v) is 3.13. The second kappa shape index (κ2) is 9.92. The van der Waals surface area contributed by atoms with E-state index in [1.807, 2.05) is 55.5 Å². The van der Waals surface area contributed by atoms with Crippen LogP contribution in [0.3, 0.4) is 0 Å². The Balaban J connectivity index is 1.38. The second-order valence-corrected chi connectivity index (χ2v) is 7.38. The Bertz CT molecular complexity index is 990. The van der Waals surface area contributed by atoms with Crippen LogP contribution >= 0.6 is 15.9 Å². The van der Waals surface area contributed by atoms with Crippen molar-refractivity contribution in [3.05, 3.63) is 58.6 Å². The van der Waals surface area contributed by atoms with Crippen molar-refractivity contribution in [2.45, 2.75) is 26.3 Å². The molecular weight excluding hydrogens is 436 g/mol. The van der Waals surface area contributed by atoms with Crippen molar-refractivity contribution < 1.29 is 9.59 Å². The number of rotatable bonds is 8. The maximum atomic E-state index is 12.0. The number of aryl methyl sites for hydroxylation is 2. The van der Waals surface area contributed by atoms with Crippen molar-refractivity contribution in [3.8, 4) is 11.4 Å². The van der Waals surface area contributed by atoms with E-state index in [4.69, 9.17) is 0 Å². The molecule has 0 spiro atoms. The Labute approximate surface area is 176 Å². The summed E-state index contributed by atoms with van der Waals surface area (Å²) in [6, 6.07) is 15.1. The maximum Gasteiger partial charge on any atom is 0.243 e. The van der Waals surface area contributed by atoms with Gasteiger partial charge in [-0.25, -0.2) is 0 Å². The number of aromatic nitrogens is 4. The van der Waals surface area contributed by atoms with Crippen LogP contribution in [0.2, 0.25) is 0 Å². The number of hydrogen-bond acceptors (Lipinski definition) is 5. The molecule has 0 aliphatic carbocycles. The lowest BCUT2D eigenvalue weighted by Crippen LogP contribution is -2.33. The molecule has 150 valence electrons. The SMILES string of the molecule is Cc1cc(Br)ccc1NC(=O)CNC(=O)CCCn1nnc(-c2ccccc2)n1. The fourth-order valence-electron chi connectivity index (χ4n) is 2.65. The van der Waals surface area contributed by atoms with Gasteiger partial charge in [-0.3, -0.25) is 9.59 Å². The average molecular weight is 457 g/mol. The zero-order chi connectivity index (χ0) is 20.6. The molecule has 0 bridgehead atoms. The van der Waals surface area contributed by atoms with Crippen LogP contribution in [0.15, 0.2) is 53.0 Å². The van der Waals surface area contributed by atoms with Crippen molar-refractivity contribution in [3.63, 3.8) is 0 Å². The second-order valence-electron chi connectivity index (χ2n) is 6.46. The molecule has 2 amide bonds. The van der Waals surface area contributed by atoms with Crippen LogP contribution in [-0.2, 0) is 16.1 Å². The van der Waals surface area contributed by atoms with Gasteiger partial charge < -0.3 is 10.6 Å². The Morgan fingerprint density at radius 2 is 1.90 bits per heavy atom. The Morgan fingerprint density at radius 1 is 1.10 bits per heavy atom. The van der Waals surface area contributed by atoms with E-state index in [9.17, 15) is 9.59 Å². The smallest absolute Gasteiger partial charge is 0.243 e. The first-order chi connectivity index (χ1) is 14.0. The summed E-state index contributed by atoms with van der Waals surface area (Å²) in [5.41, 5.74) is 2.55. The highest BCUT2D eigenvalue weighted by Crippen LogP contribution is 2.19. The molecule has 8 nitrogen and oxygen atoms in total. The summed E-state index contributed by atoms with van der Waals surface area (Å²) >= 11 is 3.38. The number of nitrogens with zero attached hydrogens (tertiary/aromatic N) is 4.